The van der Waals surface area contributed by atoms with Gasteiger partial charge in [-0.2, -0.15) is 0 Å². The van der Waals surface area contributed by atoms with Crippen molar-refractivity contribution in [2.45, 2.75) is 57.5 Å². The predicted molar refractivity (Wildman–Crippen MR) is 104 cm³/mol. The lowest BCUT2D eigenvalue weighted by atomic mass is 9.83. The quantitative estimate of drug-likeness (QED) is 0.835. The number of nitrogens with one attached hydrogen (secondary N) is 1. The van der Waals surface area contributed by atoms with E-state index in [4.69, 9.17) is 5.11 Å². The van der Waals surface area contributed by atoms with Crippen molar-refractivity contribution in [3.63, 3.8) is 0 Å². The van der Waals surface area contributed by atoms with Gasteiger partial charge < -0.3 is 15.3 Å². The minimum absolute atomic E-state index is 0.137. The molecule has 27 heavy (non-hydrogen) atoms. The van der Waals surface area contributed by atoms with Crippen LogP contribution in [0.15, 0.2) is 18.2 Å². The fraction of sp³-hybridized carbons (Fsp3) is 0.619. The first kappa shape index (κ1) is 18.3. The zero-order valence-corrected chi connectivity index (χ0v) is 15.8. The summed E-state index contributed by atoms with van der Waals surface area (Å²) >= 11 is 0. The van der Waals surface area contributed by atoms with E-state index in [1.807, 2.05) is 4.90 Å². The Morgan fingerprint density at radius 3 is 2.74 bits per heavy atom. The Labute approximate surface area is 160 Å². The van der Waals surface area contributed by atoms with Gasteiger partial charge in [-0.05, 0) is 74.2 Å². The van der Waals surface area contributed by atoms with E-state index in [2.05, 4.69) is 28.4 Å². The van der Waals surface area contributed by atoms with Crippen LogP contribution in [0.3, 0.4) is 0 Å². The third kappa shape index (κ3) is 3.95. The summed E-state index contributed by atoms with van der Waals surface area (Å²) in [6, 6.07) is 6.87. The molecule has 2 heterocycles. The molecule has 0 aromatic heterocycles. The molecule has 6 nitrogen and oxygen atoms in total. The number of carboxylic acids is 1. The van der Waals surface area contributed by atoms with Crippen LogP contribution in [0.2, 0.25) is 0 Å². The maximum absolute atomic E-state index is 13.0. The van der Waals surface area contributed by atoms with Gasteiger partial charge in [0, 0.05) is 37.8 Å². The molecule has 0 radical (unpaired) electrons. The number of carboxylic acid groups (broad SMARTS) is 1. The summed E-state index contributed by atoms with van der Waals surface area (Å²) in [4.78, 5) is 27.8. The number of nitrogens with zero attached hydrogens (tertiary/aromatic N) is 2. The topological polar surface area (TPSA) is 72.9 Å². The molecule has 2 aliphatic heterocycles. The minimum Gasteiger partial charge on any atom is -0.481 e. The Morgan fingerprint density at radius 1 is 1.15 bits per heavy atom. The van der Waals surface area contributed by atoms with Crippen LogP contribution in [0.4, 0.5) is 10.5 Å². The maximum atomic E-state index is 13.0. The standard InChI is InChI=1S/C21H29N3O3/c25-20(26)8-3-15-1-5-18(6-2-15)23-11-12-24(21(23)27)19-7-4-17-14-22-10-9-16(17)13-19/h4,7,13,15,18,22H,1-3,5-6,8-12,14H2,(H,25,26). The fourth-order valence-electron chi connectivity index (χ4n) is 4.84. The molecular formula is C21H29N3O3. The number of hydrogen-bond donors (Lipinski definition) is 2. The molecule has 2 fully saturated rings. The van der Waals surface area contributed by atoms with Crippen LogP contribution in [-0.4, -0.2) is 47.7 Å². The molecule has 0 atom stereocenters. The van der Waals surface area contributed by atoms with Crippen LogP contribution in [-0.2, 0) is 17.8 Å². The van der Waals surface area contributed by atoms with E-state index in [-0.39, 0.29) is 12.5 Å². The van der Waals surface area contributed by atoms with Gasteiger partial charge >= 0.3 is 12.0 Å². The smallest absolute Gasteiger partial charge is 0.324 e. The number of hydrogen-bond acceptors (Lipinski definition) is 3. The van der Waals surface area contributed by atoms with E-state index >= 15 is 0 Å². The van der Waals surface area contributed by atoms with Crippen molar-refractivity contribution in [2.24, 2.45) is 5.92 Å². The summed E-state index contributed by atoms with van der Waals surface area (Å²) in [6.07, 6.45) is 6.13. The van der Waals surface area contributed by atoms with Crippen molar-refractivity contribution in [3.05, 3.63) is 29.3 Å². The molecular weight excluding hydrogens is 342 g/mol. The normalized spacial score (nSPS) is 25.6. The number of benzene rings is 1. The summed E-state index contributed by atoms with van der Waals surface area (Å²) in [5.74, 6) is -0.205. The Balaban J connectivity index is 1.36. The van der Waals surface area contributed by atoms with Gasteiger partial charge in [-0.25, -0.2) is 4.79 Å². The third-order valence-corrected chi connectivity index (χ3v) is 6.45. The van der Waals surface area contributed by atoms with Crippen molar-refractivity contribution in [1.82, 2.24) is 10.2 Å². The average Bonchev–Trinajstić information content (AvgIpc) is 3.08. The predicted octanol–water partition coefficient (Wildman–Crippen LogP) is 3.00. The molecule has 1 aliphatic carbocycles. The Kier molecular flexibility index (Phi) is 5.34. The van der Waals surface area contributed by atoms with Gasteiger partial charge in [-0.1, -0.05) is 6.07 Å². The first-order chi connectivity index (χ1) is 13.1. The number of urea groups is 1. The molecule has 0 spiro atoms. The second kappa shape index (κ2) is 7.89. The highest BCUT2D eigenvalue weighted by atomic mass is 16.4. The number of anilines is 1. The van der Waals surface area contributed by atoms with Gasteiger partial charge in [-0.15, -0.1) is 0 Å². The number of aliphatic carboxylic acids is 1. The summed E-state index contributed by atoms with van der Waals surface area (Å²) in [7, 11) is 0. The van der Waals surface area contributed by atoms with Gasteiger partial charge in [0.2, 0.25) is 0 Å². The Bertz CT molecular complexity index is 713. The molecule has 2 amide bonds. The summed E-state index contributed by atoms with van der Waals surface area (Å²) in [5.41, 5.74) is 3.72. The van der Waals surface area contributed by atoms with Crippen LogP contribution in [0.1, 0.15) is 49.7 Å². The van der Waals surface area contributed by atoms with Crippen LogP contribution in [0.5, 0.6) is 0 Å². The second-order valence-corrected chi connectivity index (χ2v) is 8.11. The number of fused-ring (bicyclic) bond motifs is 1. The highest BCUT2D eigenvalue weighted by Gasteiger charge is 2.36. The maximum Gasteiger partial charge on any atom is 0.324 e. The Morgan fingerprint density at radius 2 is 1.96 bits per heavy atom. The molecule has 1 saturated heterocycles. The molecule has 1 aromatic carbocycles. The van der Waals surface area contributed by atoms with Gasteiger partial charge in [0.05, 0.1) is 0 Å². The largest absolute Gasteiger partial charge is 0.481 e. The van der Waals surface area contributed by atoms with Gasteiger partial charge in [0.25, 0.3) is 0 Å². The SMILES string of the molecule is O=C(O)CCC1CCC(N2CCN(c3ccc4c(c3)CCNC4)C2=O)CC1. The summed E-state index contributed by atoms with van der Waals surface area (Å²) < 4.78 is 0. The third-order valence-electron chi connectivity index (χ3n) is 6.45. The van der Waals surface area contributed by atoms with Crippen LogP contribution >= 0.6 is 0 Å². The average molecular weight is 371 g/mol. The van der Waals surface area contributed by atoms with E-state index in [1.54, 1.807) is 0 Å². The van der Waals surface area contributed by atoms with E-state index in [0.29, 0.717) is 12.0 Å². The molecule has 2 N–H and O–H groups in total. The van der Waals surface area contributed by atoms with Crippen LogP contribution in [0, 0.1) is 5.92 Å². The molecule has 3 aliphatic rings. The van der Waals surface area contributed by atoms with Crippen molar-refractivity contribution in [2.75, 3.05) is 24.5 Å². The molecule has 4 rings (SSSR count). The van der Waals surface area contributed by atoms with Gasteiger partial charge in [0.15, 0.2) is 0 Å². The highest BCUT2D eigenvalue weighted by Crippen LogP contribution is 2.33. The zero-order valence-electron chi connectivity index (χ0n) is 15.8. The lowest BCUT2D eigenvalue weighted by Crippen LogP contribution is -2.41. The summed E-state index contributed by atoms with van der Waals surface area (Å²) in [6.45, 7) is 3.47. The second-order valence-electron chi connectivity index (χ2n) is 8.11. The lowest BCUT2D eigenvalue weighted by Gasteiger charge is -2.34. The fourth-order valence-corrected chi connectivity index (χ4v) is 4.84. The van der Waals surface area contributed by atoms with E-state index < -0.39 is 5.97 Å². The zero-order chi connectivity index (χ0) is 18.8. The first-order valence-corrected chi connectivity index (χ1v) is 10.2. The number of carbonyl (C=O) groups is 2. The summed E-state index contributed by atoms with van der Waals surface area (Å²) in [5, 5.41) is 12.2. The number of carbonyl (C=O) groups excluding carboxylic acids is 1. The van der Waals surface area contributed by atoms with Crippen LogP contribution < -0.4 is 10.2 Å². The van der Waals surface area contributed by atoms with Crippen molar-refractivity contribution >= 4 is 17.7 Å². The van der Waals surface area contributed by atoms with Crippen LogP contribution in [0.25, 0.3) is 0 Å². The van der Waals surface area contributed by atoms with Crippen molar-refractivity contribution in [1.29, 1.82) is 0 Å². The molecule has 146 valence electrons. The van der Waals surface area contributed by atoms with Crippen molar-refractivity contribution in [3.8, 4) is 0 Å². The Hall–Kier alpha value is -2.08. The molecule has 1 saturated carbocycles. The van der Waals surface area contributed by atoms with E-state index in [9.17, 15) is 9.59 Å². The van der Waals surface area contributed by atoms with E-state index in [0.717, 1.165) is 70.4 Å². The highest BCUT2D eigenvalue weighted by molar-refractivity contribution is 5.94. The van der Waals surface area contributed by atoms with E-state index in [1.165, 1.54) is 11.1 Å². The lowest BCUT2D eigenvalue weighted by molar-refractivity contribution is -0.137. The number of amides is 2. The molecule has 0 unspecified atom stereocenters. The minimum atomic E-state index is -0.705. The van der Waals surface area contributed by atoms with Crippen molar-refractivity contribution < 1.29 is 14.7 Å². The first-order valence-electron chi connectivity index (χ1n) is 10.2. The van der Waals surface area contributed by atoms with Gasteiger partial charge in [0.1, 0.15) is 0 Å². The monoisotopic (exact) mass is 371 g/mol. The molecule has 0 bridgehead atoms. The number of rotatable bonds is 5. The van der Waals surface area contributed by atoms with Gasteiger partial charge in [-0.3, -0.25) is 9.69 Å². The molecule has 6 heteroatoms. The molecule has 1 aromatic rings.